The number of nitrogens with zero attached hydrogens (tertiary/aromatic N) is 2. The van der Waals surface area contributed by atoms with E-state index in [1.54, 1.807) is 0 Å². The lowest BCUT2D eigenvalue weighted by molar-refractivity contribution is -0.119. The maximum atomic E-state index is 12.5. The summed E-state index contributed by atoms with van der Waals surface area (Å²) >= 11 is 0. The van der Waals surface area contributed by atoms with Crippen LogP contribution >= 0.6 is 0 Å². The number of anilines is 1. The second-order valence-corrected chi connectivity index (χ2v) is 6.20. The van der Waals surface area contributed by atoms with E-state index in [0.29, 0.717) is 24.4 Å². The molecule has 25 heavy (non-hydrogen) atoms. The van der Waals surface area contributed by atoms with Crippen LogP contribution in [0.4, 0.5) is 5.69 Å². The maximum absolute atomic E-state index is 12.5. The average Bonchev–Trinajstić information content (AvgIpc) is 2.61. The van der Waals surface area contributed by atoms with Crippen LogP contribution < -0.4 is 10.3 Å². The highest BCUT2D eigenvalue weighted by Gasteiger charge is 2.25. The molecule has 2 aromatic carbocycles. The Hall–Kier alpha value is -2.95. The first-order chi connectivity index (χ1) is 12.0. The normalized spacial score (nSPS) is 14.2. The fourth-order valence-corrected chi connectivity index (χ4v) is 2.76. The highest BCUT2D eigenvalue weighted by atomic mass is 16.2. The Morgan fingerprint density at radius 2 is 1.92 bits per heavy atom. The Bertz CT molecular complexity index is 842. The van der Waals surface area contributed by atoms with Crippen molar-refractivity contribution in [3.63, 3.8) is 0 Å². The van der Waals surface area contributed by atoms with Crippen LogP contribution in [0.2, 0.25) is 0 Å². The van der Waals surface area contributed by atoms with Crippen LogP contribution in [0.3, 0.4) is 0 Å². The van der Waals surface area contributed by atoms with Crippen molar-refractivity contribution < 1.29 is 9.59 Å². The minimum absolute atomic E-state index is 0.0962. The molecule has 2 amide bonds. The number of hydrazone groups is 1. The van der Waals surface area contributed by atoms with Crippen LogP contribution in [0.25, 0.3) is 0 Å². The summed E-state index contributed by atoms with van der Waals surface area (Å²) in [5.41, 5.74) is 4.31. The topological polar surface area (TPSA) is 61.8 Å². The summed E-state index contributed by atoms with van der Waals surface area (Å²) in [5, 5.41) is 8.53. The van der Waals surface area contributed by atoms with Crippen LogP contribution in [0.5, 0.6) is 0 Å². The van der Waals surface area contributed by atoms with Crippen molar-refractivity contribution in [3.05, 3.63) is 65.2 Å². The SMILES string of the molecule is Cc1cccc(N2N=C(C(=O)NCc3ccccc3C)CCC2=O)c1. The molecule has 0 fully saturated rings. The second kappa shape index (κ2) is 7.30. The molecule has 5 nitrogen and oxygen atoms in total. The van der Waals surface area contributed by atoms with E-state index >= 15 is 0 Å². The highest BCUT2D eigenvalue weighted by Crippen LogP contribution is 2.21. The van der Waals surface area contributed by atoms with E-state index in [2.05, 4.69) is 10.4 Å². The zero-order valence-corrected chi connectivity index (χ0v) is 14.5. The lowest BCUT2D eigenvalue weighted by Gasteiger charge is -2.23. The predicted molar refractivity (Wildman–Crippen MR) is 98.4 cm³/mol. The summed E-state index contributed by atoms with van der Waals surface area (Å²) in [5.74, 6) is -0.325. The minimum Gasteiger partial charge on any atom is -0.347 e. The summed E-state index contributed by atoms with van der Waals surface area (Å²) in [7, 11) is 0. The number of nitrogens with one attached hydrogen (secondary N) is 1. The van der Waals surface area contributed by atoms with Gasteiger partial charge >= 0.3 is 0 Å². The number of rotatable bonds is 4. The van der Waals surface area contributed by atoms with Crippen molar-refractivity contribution in [3.8, 4) is 0 Å². The third-order valence-electron chi connectivity index (χ3n) is 4.24. The lowest BCUT2D eigenvalue weighted by atomic mass is 10.1. The molecule has 1 heterocycles. The predicted octanol–water partition coefficient (Wildman–Crippen LogP) is 3.10. The molecule has 1 N–H and O–H groups in total. The van der Waals surface area contributed by atoms with Gasteiger partial charge in [-0.25, -0.2) is 5.01 Å². The van der Waals surface area contributed by atoms with Gasteiger partial charge < -0.3 is 5.32 Å². The van der Waals surface area contributed by atoms with Gasteiger partial charge in [0.15, 0.2) is 0 Å². The number of aryl methyl sites for hydroxylation is 2. The van der Waals surface area contributed by atoms with Crippen molar-refractivity contribution >= 4 is 23.2 Å². The Balaban J connectivity index is 1.74. The quantitative estimate of drug-likeness (QED) is 0.933. The molecule has 0 aliphatic carbocycles. The van der Waals surface area contributed by atoms with E-state index in [9.17, 15) is 9.59 Å². The molecule has 0 saturated carbocycles. The first-order valence-electron chi connectivity index (χ1n) is 8.34. The summed E-state index contributed by atoms with van der Waals surface area (Å²) in [4.78, 5) is 24.6. The van der Waals surface area contributed by atoms with Gasteiger partial charge in [-0.3, -0.25) is 9.59 Å². The fraction of sp³-hybridized carbons (Fsp3) is 0.250. The summed E-state index contributed by atoms with van der Waals surface area (Å²) in [6.45, 7) is 4.41. The van der Waals surface area contributed by atoms with Crippen LogP contribution in [-0.4, -0.2) is 17.5 Å². The Labute approximate surface area is 147 Å². The van der Waals surface area contributed by atoms with Gasteiger partial charge in [0.05, 0.1) is 5.69 Å². The van der Waals surface area contributed by atoms with E-state index < -0.39 is 0 Å². The Kier molecular flexibility index (Phi) is 4.93. The number of carbonyl (C=O) groups excluding carboxylic acids is 2. The van der Waals surface area contributed by atoms with Gasteiger partial charge in [0.2, 0.25) is 5.91 Å². The molecule has 5 heteroatoms. The van der Waals surface area contributed by atoms with Crippen LogP contribution in [0.15, 0.2) is 53.6 Å². The van der Waals surface area contributed by atoms with Gasteiger partial charge in [0.1, 0.15) is 5.71 Å². The first kappa shape index (κ1) is 16.9. The monoisotopic (exact) mass is 335 g/mol. The summed E-state index contributed by atoms with van der Waals surface area (Å²) < 4.78 is 0. The Morgan fingerprint density at radius 1 is 1.12 bits per heavy atom. The molecule has 0 atom stereocenters. The number of carbonyl (C=O) groups is 2. The minimum atomic E-state index is -0.228. The molecule has 1 aliphatic heterocycles. The van der Waals surface area contributed by atoms with Gasteiger partial charge in [-0.15, -0.1) is 0 Å². The van der Waals surface area contributed by atoms with Crippen molar-refractivity contribution in [2.24, 2.45) is 5.10 Å². The van der Waals surface area contributed by atoms with E-state index in [0.717, 1.165) is 16.7 Å². The van der Waals surface area contributed by atoms with Crippen LogP contribution in [-0.2, 0) is 16.1 Å². The van der Waals surface area contributed by atoms with E-state index in [-0.39, 0.29) is 18.2 Å². The third-order valence-corrected chi connectivity index (χ3v) is 4.24. The number of benzene rings is 2. The summed E-state index contributed by atoms with van der Waals surface area (Å²) in [6, 6.07) is 15.5. The van der Waals surface area contributed by atoms with Crippen LogP contribution in [0.1, 0.15) is 29.5 Å². The molecule has 0 saturated heterocycles. The molecule has 3 rings (SSSR count). The second-order valence-electron chi connectivity index (χ2n) is 6.20. The van der Waals surface area contributed by atoms with E-state index in [4.69, 9.17) is 0 Å². The average molecular weight is 335 g/mol. The third kappa shape index (κ3) is 3.94. The molecule has 0 unspecified atom stereocenters. The molecule has 0 spiro atoms. The fourth-order valence-electron chi connectivity index (χ4n) is 2.76. The molecular formula is C20H21N3O2. The Morgan fingerprint density at radius 3 is 2.68 bits per heavy atom. The van der Waals surface area contributed by atoms with Crippen molar-refractivity contribution in [2.45, 2.75) is 33.2 Å². The molecule has 0 aromatic heterocycles. The van der Waals surface area contributed by atoms with Crippen molar-refractivity contribution in [2.75, 3.05) is 5.01 Å². The van der Waals surface area contributed by atoms with Crippen molar-refractivity contribution in [1.29, 1.82) is 0 Å². The number of amides is 2. The van der Waals surface area contributed by atoms with E-state index in [1.807, 2.05) is 62.4 Å². The van der Waals surface area contributed by atoms with Crippen molar-refractivity contribution in [1.82, 2.24) is 5.32 Å². The summed E-state index contributed by atoms with van der Waals surface area (Å²) in [6.07, 6.45) is 0.644. The lowest BCUT2D eigenvalue weighted by Crippen LogP contribution is -2.39. The van der Waals surface area contributed by atoms with Gasteiger partial charge in [0, 0.05) is 19.4 Å². The van der Waals surface area contributed by atoms with Gasteiger partial charge in [-0.05, 0) is 42.7 Å². The van der Waals surface area contributed by atoms with E-state index in [1.165, 1.54) is 5.01 Å². The number of hydrogen-bond acceptors (Lipinski definition) is 3. The molecule has 1 aliphatic rings. The largest absolute Gasteiger partial charge is 0.347 e. The first-order valence-corrected chi connectivity index (χ1v) is 8.34. The zero-order valence-electron chi connectivity index (χ0n) is 14.5. The maximum Gasteiger partial charge on any atom is 0.267 e. The van der Waals surface area contributed by atoms with Crippen LogP contribution in [0, 0.1) is 13.8 Å². The smallest absolute Gasteiger partial charge is 0.267 e. The molecule has 2 aromatic rings. The number of hydrogen-bond donors (Lipinski definition) is 1. The van der Waals surface area contributed by atoms with Gasteiger partial charge in [-0.2, -0.15) is 5.10 Å². The van der Waals surface area contributed by atoms with Gasteiger partial charge in [-0.1, -0.05) is 36.4 Å². The standard InChI is InChI=1S/C20H21N3O2/c1-14-6-5-9-17(12-14)23-19(24)11-10-18(22-23)20(25)21-13-16-8-4-3-7-15(16)2/h3-9,12H,10-11,13H2,1-2H3,(H,21,25). The molecular weight excluding hydrogens is 314 g/mol. The zero-order chi connectivity index (χ0) is 17.8. The highest BCUT2D eigenvalue weighted by molar-refractivity contribution is 6.40. The molecule has 128 valence electrons. The molecule has 0 bridgehead atoms. The molecule has 0 radical (unpaired) electrons. The van der Waals surface area contributed by atoms with Gasteiger partial charge in [0.25, 0.3) is 5.91 Å².